The molecule has 2 aromatic carbocycles. The van der Waals surface area contributed by atoms with Gasteiger partial charge in [-0.3, -0.25) is 4.74 Å². The Morgan fingerprint density at radius 2 is 1.58 bits per heavy atom. The van der Waals surface area contributed by atoms with Gasteiger partial charge in [0.25, 0.3) is 0 Å². The first-order valence-electron chi connectivity index (χ1n) is 6.27. The molecule has 0 unspecified atom stereocenters. The van der Waals surface area contributed by atoms with E-state index in [-0.39, 0.29) is 0 Å². The molecule has 3 heteroatoms. The van der Waals surface area contributed by atoms with Crippen LogP contribution in [0.15, 0.2) is 65.4 Å². The molecule has 0 amide bonds. The summed E-state index contributed by atoms with van der Waals surface area (Å²) in [6, 6.07) is 21.3. The summed E-state index contributed by atoms with van der Waals surface area (Å²) in [4.78, 5) is 0. The lowest BCUT2D eigenvalue weighted by Gasteiger charge is -2.13. The SMILES string of the molecule is CP(C)(=Nc1cc2ccccc2s1)c1ccccc1. The molecule has 0 N–H and O–H groups in total. The second-order valence-corrected chi connectivity index (χ2v) is 9.52. The van der Waals surface area contributed by atoms with Crippen molar-refractivity contribution in [3.8, 4) is 0 Å². The Kier molecular flexibility index (Phi) is 3.30. The summed E-state index contributed by atoms with van der Waals surface area (Å²) in [5, 5.41) is 3.79. The molecule has 3 rings (SSSR count). The summed E-state index contributed by atoms with van der Waals surface area (Å²) in [5.74, 6) is 0. The third kappa shape index (κ3) is 2.65. The van der Waals surface area contributed by atoms with Crippen LogP contribution in [0.1, 0.15) is 0 Å². The summed E-state index contributed by atoms with van der Waals surface area (Å²) in [6.07, 6.45) is 0. The highest BCUT2D eigenvalue weighted by Gasteiger charge is 2.10. The Balaban J connectivity index is 2.09. The second kappa shape index (κ2) is 4.96. The van der Waals surface area contributed by atoms with E-state index >= 15 is 0 Å². The summed E-state index contributed by atoms with van der Waals surface area (Å²) in [6.45, 7) is 4.54. The van der Waals surface area contributed by atoms with Crippen LogP contribution in [0.4, 0.5) is 5.00 Å². The normalized spacial score (nSPS) is 11.7. The Bertz CT molecular complexity index is 720. The van der Waals surface area contributed by atoms with Gasteiger partial charge in [-0.25, -0.2) is 0 Å². The van der Waals surface area contributed by atoms with Crippen molar-refractivity contribution < 1.29 is 0 Å². The molecule has 0 radical (unpaired) electrons. The minimum Gasteiger partial charge on any atom is -0.253 e. The minimum atomic E-state index is -1.44. The van der Waals surface area contributed by atoms with Crippen LogP contribution in [0.25, 0.3) is 10.1 Å². The molecule has 0 saturated heterocycles. The maximum Gasteiger partial charge on any atom is 0.115 e. The lowest BCUT2D eigenvalue weighted by atomic mass is 10.3. The summed E-state index contributed by atoms with van der Waals surface area (Å²) in [5.41, 5.74) is 0. The van der Waals surface area contributed by atoms with Gasteiger partial charge in [-0.1, -0.05) is 48.5 Å². The Hall–Kier alpha value is -1.37. The van der Waals surface area contributed by atoms with Crippen molar-refractivity contribution in [1.82, 2.24) is 0 Å². The first-order chi connectivity index (χ1) is 9.15. The highest BCUT2D eigenvalue weighted by molar-refractivity contribution is 7.72. The summed E-state index contributed by atoms with van der Waals surface area (Å²) >= 11 is 1.78. The molecular weight excluding hydrogens is 269 g/mol. The Labute approximate surface area is 118 Å². The zero-order chi connectivity index (χ0) is 13.3. The van der Waals surface area contributed by atoms with Crippen LogP contribution in [0.3, 0.4) is 0 Å². The Morgan fingerprint density at radius 1 is 0.895 bits per heavy atom. The van der Waals surface area contributed by atoms with E-state index < -0.39 is 7.05 Å². The van der Waals surface area contributed by atoms with Crippen LogP contribution < -0.4 is 5.30 Å². The second-order valence-electron chi connectivity index (χ2n) is 4.95. The fourth-order valence-electron chi connectivity index (χ4n) is 2.11. The van der Waals surface area contributed by atoms with Crippen molar-refractivity contribution >= 4 is 38.8 Å². The van der Waals surface area contributed by atoms with Gasteiger partial charge in [-0.15, -0.1) is 11.3 Å². The fourth-order valence-corrected chi connectivity index (χ4v) is 5.26. The van der Waals surface area contributed by atoms with E-state index in [1.165, 1.54) is 15.4 Å². The summed E-state index contributed by atoms with van der Waals surface area (Å²) in [7, 11) is -1.44. The van der Waals surface area contributed by atoms with Gasteiger partial charge < -0.3 is 0 Å². The van der Waals surface area contributed by atoms with Crippen LogP contribution in [-0.4, -0.2) is 13.3 Å². The highest BCUT2D eigenvalue weighted by Crippen LogP contribution is 2.46. The molecule has 3 aromatic rings. The van der Waals surface area contributed by atoms with E-state index in [1.54, 1.807) is 11.3 Å². The average molecular weight is 285 g/mol. The van der Waals surface area contributed by atoms with Crippen LogP contribution in [0.5, 0.6) is 0 Å². The third-order valence-corrected chi connectivity index (χ3v) is 6.57. The first kappa shape index (κ1) is 12.7. The van der Waals surface area contributed by atoms with Gasteiger partial charge in [-0.2, -0.15) is 0 Å². The lowest BCUT2D eigenvalue weighted by molar-refractivity contribution is 1.66. The maximum absolute atomic E-state index is 5.03. The van der Waals surface area contributed by atoms with E-state index in [1.807, 2.05) is 0 Å². The molecule has 0 spiro atoms. The zero-order valence-electron chi connectivity index (χ0n) is 11.1. The number of nitrogens with zero attached hydrogens (tertiary/aromatic N) is 1. The van der Waals surface area contributed by atoms with Gasteiger partial charge in [0.05, 0.1) is 0 Å². The third-order valence-electron chi connectivity index (χ3n) is 3.15. The molecule has 96 valence electrons. The molecule has 0 aliphatic carbocycles. The smallest absolute Gasteiger partial charge is 0.115 e. The fraction of sp³-hybridized carbons (Fsp3) is 0.125. The predicted molar refractivity (Wildman–Crippen MR) is 88.8 cm³/mol. The number of hydrogen-bond donors (Lipinski definition) is 0. The van der Waals surface area contributed by atoms with Gasteiger partial charge in [0.2, 0.25) is 0 Å². The molecule has 0 saturated carbocycles. The molecule has 1 heterocycles. The largest absolute Gasteiger partial charge is 0.253 e. The monoisotopic (exact) mass is 285 g/mol. The van der Waals surface area contributed by atoms with Crippen molar-refractivity contribution in [2.75, 3.05) is 13.3 Å². The Morgan fingerprint density at radius 3 is 2.32 bits per heavy atom. The van der Waals surface area contributed by atoms with Gasteiger partial charge in [0.15, 0.2) is 0 Å². The summed E-state index contributed by atoms with van der Waals surface area (Å²) < 4.78 is 6.34. The standard InChI is InChI=1S/C16H16NPS/c1-18(2,14-9-4-3-5-10-14)17-16-12-13-8-6-7-11-15(13)19-16/h3-12H,1-2H3. The number of rotatable bonds is 2. The van der Waals surface area contributed by atoms with Gasteiger partial charge in [0, 0.05) is 11.8 Å². The van der Waals surface area contributed by atoms with E-state index in [4.69, 9.17) is 4.74 Å². The van der Waals surface area contributed by atoms with E-state index in [9.17, 15) is 0 Å². The van der Waals surface area contributed by atoms with Crippen LogP contribution in [0, 0.1) is 0 Å². The van der Waals surface area contributed by atoms with E-state index in [2.05, 4.69) is 74.0 Å². The molecule has 1 aromatic heterocycles. The first-order valence-corrected chi connectivity index (χ1v) is 9.72. The molecular formula is C16H16NPS. The van der Waals surface area contributed by atoms with Crippen LogP contribution in [-0.2, 0) is 0 Å². The van der Waals surface area contributed by atoms with Crippen molar-refractivity contribution in [3.05, 3.63) is 60.7 Å². The minimum absolute atomic E-state index is 1.14. The van der Waals surface area contributed by atoms with Crippen molar-refractivity contribution in [1.29, 1.82) is 0 Å². The van der Waals surface area contributed by atoms with Crippen molar-refractivity contribution in [2.45, 2.75) is 0 Å². The predicted octanol–water partition coefficient (Wildman–Crippen LogP) is 5.32. The molecule has 19 heavy (non-hydrogen) atoms. The van der Waals surface area contributed by atoms with Crippen LogP contribution >= 0.6 is 18.4 Å². The zero-order valence-corrected chi connectivity index (χ0v) is 12.8. The van der Waals surface area contributed by atoms with Gasteiger partial charge in [0.1, 0.15) is 5.00 Å². The lowest BCUT2D eigenvalue weighted by Crippen LogP contribution is -2.00. The van der Waals surface area contributed by atoms with Gasteiger partial charge >= 0.3 is 0 Å². The molecule has 0 aliphatic heterocycles. The number of hydrogen-bond acceptors (Lipinski definition) is 2. The van der Waals surface area contributed by atoms with Crippen molar-refractivity contribution in [3.63, 3.8) is 0 Å². The average Bonchev–Trinajstić information content (AvgIpc) is 2.81. The number of thiophene rings is 1. The number of benzene rings is 2. The number of fused-ring (bicyclic) bond motifs is 1. The molecule has 0 bridgehead atoms. The van der Waals surface area contributed by atoms with E-state index in [0.29, 0.717) is 0 Å². The van der Waals surface area contributed by atoms with E-state index in [0.717, 1.165) is 5.00 Å². The maximum atomic E-state index is 5.03. The van der Waals surface area contributed by atoms with Crippen LogP contribution in [0.2, 0.25) is 0 Å². The molecule has 0 atom stereocenters. The van der Waals surface area contributed by atoms with Crippen molar-refractivity contribution in [2.24, 2.45) is 4.74 Å². The van der Waals surface area contributed by atoms with Gasteiger partial charge in [-0.05, 0) is 36.2 Å². The molecule has 0 aliphatic rings. The topological polar surface area (TPSA) is 12.4 Å². The molecule has 1 nitrogen and oxygen atoms in total. The highest BCUT2D eigenvalue weighted by atomic mass is 32.1. The quantitative estimate of drug-likeness (QED) is 0.565. The molecule has 0 fully saturated rings.